The van der Waals surface area contributed by atoms with E-state index in [4.69, 9.17) is 0 Å². The number of rotatable bonds is 4. The molecule has 9 aromatic carbocycles. The molecule has 0 aliphatic rings. The van der Waals surface area contributed by atoms with Crippen molar-refractivity contribution in [1.29, 1.82) is 0 Å². The molecule has 2 heteroatoms. The van der Waals surface area contributed by atoms with E-state index in [2.05, 4.69) is 181 Å². The van der Waals surface area contributed by atoms with Gasteiger partial charge in [0.25, 0.3) is 0 Å². The van der Waals surface area contributed by atoms with Crippen LogP contribution in [0.2, 0.25) is 0 Å². The molecule has 2 aromatic heterocycles. The normalized spacial score (nSPS) is 11.8. The van der Waals surface area contributed by atoms with Crippen molar-refractivity contribution in [3.05, 3.63) is 181 Å². The van der Waals surface area contributed by atoms with Crippen molar-refractivity contribution < 1.29 is 0 Å². The van der Waals surface area contributed by atoms with Gasteiger partial charge in [0.2, 0.25) is 0 Å². The molecule has 0 atom stereocenters. The Morgan fingerprint density at radius 1 is 0.288 bits per heavy atom. The Hall–Kier alpha value is -5.76. The van der Waals surface area contributed by atoms with E-state index in [9.17, 15) is 0 Å². The van der Waals surface area contributed by atoms with E-state index in [1.807, 2.05) is 0 Å². The molecule has 0 aliphatic carbocycles. The molecule has 2 heterocycles. The van der Waals surface area contributed by atoms with Crippen LogP contribution in [0, 0.1) is 0 Å². The first-order chi connectivity index (χ1) is 25.8. The van der Waals surface area contributed by atoms with Gasteiger partial charge in [-0.3, -0.25) is 0 Å². The predicted molar refractivity (Wildman–Crippen MR) is 228 cm³/mol. The maximum absolute atomic E-state index is 2.49. The Bertz CT molecular complexity index is 3050. The van der Waals surface area contributed by atoms with Crippen molar-refractivity contribution in [2.75, 3.05) is 0 Å². The summed E-state index contributed by atoms with van der Waals surface area (Å²) >= 11 is 1.99. The van der Waals surface area contributed by atoms with Gasteiger partial charge in [0.1, 0.15) is 0 Å². The molecule has 11 rings (SSSR count). The second-order valence-corrected chi connectivity index (χ2v) is 16.6. The summed E-state index contributed by atoms with van der Waals surface area (Å²) in [7, 11) is 0. The third kappa shape index (κ3) is 4.52. The fourth-order valence-corrected chi connectivity index (χ4v) is 11.6. The Labute approximate surface area is 311 Å². The minimum atomic E-state index is 0.225. The summed E-state index contributed by atoms with van der Waals surface area (Å²) in [4.78, 5) is 0. The number of benzene rings is 9. The molecule has 0 fully saturated rings. The number of hydrogen-bond acceptors (Lipinski definition) is 1. The number of thiophene rings is 1. The standard InChI is InChI=1S/C50H30SSe/c1-2-12-31(13-3-1)47-36-14-4-6-16-38(36)48(39-17-7-5-15-37(39)47)32-23-25-45-44(28-32)35-24-22-33(29-46(35)52-45)49-40-18-8-10-20-42(40)50(34-26-27-51-30-34)43-21-11-9-19-41(43)49/h1-30H. The van der Waals surface area contributed by atoms with Gasteiger partial charge in [0.05, 0.1) is 0 Å². The SMILES string of the molecule is c1ccc(-c2c3ccccc3c(-c3ccc4[se]c5cc(-c6c7ccccc7c(-c7ccsc7)c7ccccc67)ccc5c4c3)c3ccccc23)cc1. The van der Waals surface area contributed by atoms with Crippen molar-refractivity contribution >= 4 is 88.2 Å². The second-order valence-electron chi connectivity index (χ2n) is 13.6. The molecular formula is C50H30SSe. The molecular weight excluding hydrogens is 712 g/mol. The summed E-state index contributed by atoms with van der Waals surface area (Å²) in [6.45, 7) is 0. The molecule has 0 unspecified atom stereocenters. The average Bonchev–Trinajstić information content (AvgIpc) is 3.87. The third-order valence-corrected chi connectivity index (χ3v) is 13.8. The van der Waals surface area contributed by atoms with Crippen LogP contribution >= 0.6 is 11.3 Å². The van der Waals surface area contributed by atoms with Gasteiger partial charge >= 0.3 is 313 Å². The van der Waals surface area contributed by atoms with Crippen LogP contribution in [-0.2, 0) is 0 Å². The molecule has 0 saturated heterocycles. The molecule has 0 aliphatic heterocycles. The molecule has 0 nitrogen and oxygen atoms in total. The molecule has 242 valence electrons. The Kier molecular flexibility index (Phi) is 6.85. The van der Waals surface area contributed by atoms with Gasteiger partial charge in [-0.05, 0) is 0 Å². The van der Waals surface area contributed by atoms with Crippen LogP contribution < -0.4 is 0 Å². The van der Waals surface area contributed by atoms with Crippen molar-refractivity contribution in [2.45, 2.75) is 0 Å². The zero-order chi connectivity index (χ0) is 34.2. The summed E-state index contributed by atoms with van der Waals surface area (Å²) in [5.74, 6) is 0. The molecule has 0 amide bonds. The van der Waals surface area contributed by atoms with Gasteiger partial charge in [0.15, 0.2) is 0 Å². The van der Waals surface area contributed by atoms with Gasteiger partial charge in [-0.25, -0.2) is 0 Å². The zero-order valence-corrected chi connectivity index (χ0v) is 30.7. The third-order valence-electron chi connectivity index (χ3n) is 10.8. The molecule has 0 bridgehead atoms. The summed E-state index contributed by atoms with van der Waals surface area (Å²) in [6.07, 6.45) is 0. The summed E-state index contributed by atoms with van der Waals surface area (Å²) < 4.78 is 2.92. The number of fused-ring (bicyclic) bond motifs is 7. The van der Waals surface area contributed by atoms with Crippen LogP contribution in [0.5, 0.6) is 0 Å². The quantitative estimate of drug-likeness (QED) is 0.124. The van der Waals surface area contributed by atoms with E-state index in [1.165, 1.54) is 107 Å². The van der Waals surface area contributed by atoms with Crippen molar-refractivity contribution in [2.24, 2.45) is 0 Å². The average molecular weight is 742 g/mol. The summed E-state index contributed by atoms with van der Waals surface area (Å²) in [6, 6.07) is 63.5. The Morgan fingerprint density at radius 2 is 0.731 bits per heavy atom. The minimum absolute atomic E-state index is 0.225. The molecule has 0 radical (unpaired) electrons. The van der Waals surface area contributed by atoms with Crippen LogP contribution in [-0.4, -0.2) is 14.5 Å². The molecule has 11 aromatic rings. The van der Waals surface area contributed by atoms with E-state index in [0.717, 1.165) is 0 Å². The molecule has 0 N–H and O–H groups in total. The topological polar surface area (TPSA) is 0 Å². The van der Waals surface area contributed by atoms with E-state index >= 15 is 0 Å². The second kappa shape index (κ2) is 11.9. The predicted octanol–water partition coefficient (Wildman–Crippen LogP) is 14.4. The van der Waals surface area contributed by atoms with Crippen molar-refractivity contribution in [3.63, 3.8) is 0 Å². The van der Waals surface area contributed by atoms with Gasteiger partial charge < -0.3 is 0 Å². The van der Waals surface area contributed by atoms with Gasteiger partial charge in [-0.1, -0.05) is 0 Å². The van der Waals surface area contributed by atoms with Gasteiger partial charge in [-0.15, -0.1) is 0 Å². The zero-order valence-electron chi connectivity index (χ0n) is 28.1. The first-order valence-electron chi connectivity index (χ1n) is 17.7. The van der Waals surface area contributed by atoms with E-state index in [-0.39, 0.29) is 14.5 Å². The maximum atomic E-state index is 2.49. The van der Waals surface area contributed by atoms with Crippen LogP contribution in [0.25, 0.3) is 107 Å². The molecule has 52 heavy (non-hydrogen) atoms. The van der Waals surface area contributed by atoms with E-state index in [1.54, 1.807) is 11.3 Å². The molecule has 0 saturated carbocycles. The monoisotopic (exact) mass is 742 g/mol. The Balaban J connectivity index is 1.13. The van der Waals surface area contributed by atoms with Crippen molar-refractivity contribution in [3.8, 4) is 44.5 Å². The first kappa shape index (κ1) is 29.9. The molecule has 0 spiro atoms. The van der Waals surface area contributed by atoms with E-state index < -0.39 is 0 Å². The first-order valence-corrected chi connectivity index (χ1v) is 20.4. The number of hydrogen-bond donors (Lipinski definition) is 0. The summed E-state index contributed by atoms with van der Waals surface area (Å²) in [5, 5.41) is 17.6. The van der Waals surface area contributed by atoms with Gasteiger partial charge in [-0.2, -0.15) is 0 Å². The van der Waals surface area contributed by atoms with Gasteiger partial charge in [0, 0.05) is 0 Å². The fraction of sp³-hybridized carbons (Fsp3) is 0. The van der Waals surface area contributed by atoms with E-state index in [0.29, 0.717) is 0 Å². The van der Waals surface area contributed by atoms with Crippen LogP contribution in [0.3, 0.4) is 0 Å². The van der Waals surface area contributed by atoms with Crippen LogP contribution in [0.15, 0.2) is 181 Å². The van der Waals surface area contributed by atoms with Crippen LogP contribution in [0.4, 0.5) is 0 Å². The fourth-order valence-electron chi connectivity index (χ4n) is 8.60. The summed E-state index contributed by atoms with van der Waals surface area (Å²) in [5.41, 5.74) is 10.4. The van der Waals surface area contributed by atoms with Crippen LogP contribution in [0.1, 0.15) is 0 Å². The Morgan fingerprint density at radius 3 is 1.23 bits per heavy atom. The van der Waals surface area contributed by atoms with Crippen molar-refractivity contribution in [1.82, 2.24) is 0 Å².